The summed E-state index contributed by atoms with van der Waals surface area (Å²) in [6.07, 6.45) is 2.09. The Labute approximate surface area is 151 Å². The number of aliphatic hydroxyl groups excluding tert-OH is 1. The highest BCUT2D eigenvalue weighted by atomic mass is 16.6. The molecule has 2 aliphatic heterocycles. The van der Waals surface area contributed by atoms with Gasteiger partial charge >= 0.3 is 6.09 Å². The molecule has 2 fully saturated rings. The summed E-state index contributed by atoms with van der Waals surface area (Å²) in [5, 5.41) is 9.48. The van der Waals surface area contributed by atoms with Crippen LogP contribution in [0.5, 0.6) is 5.88 Å². The zero-order valence-electron chi connectivity index (χ0n) is 15.0. The first-order valence-electron chi connectivity index (χ1n) is 8.72. The van der Waals surface area contributed by atoms with E-state index in [1.807, 2.05) is 13.8 Å². The summed E-state index contributed by atoms with van der Waals surface area (Å²) in [6.45, 7) is 4.65. The highest BCUT2D eigenvalue weighted by molar-refractivity contribution is 6.16. The number of piperidine rings is 2. The number of amides is 3. The Morgan fingerprint density at radius 3 is 2.35 bits per heavy atom. The van der Waals surface area contributed by atoms with E-state index >= 15 is 0 Å². The maximum atomic E-state index is 12.3. The quantitative estimate of drug-likeness (QED) is 0.805. The third-order valence-electron chi connectivity index (χ3n) is 4.65. The van der Waals surface area contributed by atoms with Gasteiger partial charge in [-0.15, -0.1) is 0 Å². The molecule has 3 amide bonds. The number of hydrogen-bond donors (Lipinski definition) is 1. The SMILES string of the molecule is CC1(C)CC(=O)N(c2ccc(OC(=O)N3CCC(O)CC3)nc2)C(=O)C1. The van der Waals surface area contributed by atoms with Crippen molar-refractivity contribution >= 4 is 23.6 Å². The summed E-state index contributed by atoms with van der Waals surface area (Å²) in [7, 11) is 0. The molecule has 140 valence electrons. The van der Waals surface area contributed by atoms with Crippen LogP contribution in [0.3, 0.4) is 0 Å². The van der Waals surface area contributed by atoms with Crippen LogP contribution in [0.1, 0.15) is 39.5 Å². The monoisotopic (exact) mass is 361 g/mol. The van der Waals surface area contributed by atoms with Crippen LogP contribution in [-0.2, 0) is 9.59 Å². The number of rotatable bonds is 2. The van der Waals surface area contributed by atoms with Crippen LogP contribution in [-0.4, -0.2) is 52.1 Å². The summed E-state index contributed by atoms with van der Waals surface area (Å²) in [5.41, 5.74) is 0.0339. The Bertz CT molecular complexity index is 688. The molecule has 1 aromatic rings. The van der Waals surface area contributed by atoms with Gasteiger partial charge in [0.25, 0.3) is 0 Å². The molecule has 0 aromatic carbocycles. The maximum Gasteiger partial charge on any atom is 0.416 e. The summed E-state index contributed by atoms with van der Waals surface area (Å²) >= 11 is 0. The number of aromatic nitrogens is 1. The lowest BCUT2D eigenvalue weighted by molar-refractivity contribution is -0.132. The normalized spacial score (nSPS) is 21.0. The van der Waals surface area contributed by atoms with Crippen LogP contribution >= 0.6 is 0 Å². The van der Waals surface area contributed by atoms with Gasteiger partial charge in [-0.05, 0) is 24.3 Å². The first-order chi connectivity index (χ1) is 12.2. The number of imide groups is 1. The molecule has 0 radical (unpaired) electrons. The minimum atomic E-state index is -0.524. The van der Waals surface area contributed by atoms with E-state index in [1.165, 1.54) is 17.2 Å². The number of likely N-dealkylation sites (tertiary alicyclic amines) is 1. The van der Waals surface area contributed by atoms with Crippen molar-refractivity contribution in [2.45, 2.75) is 45.6 Å². The van der Waals surface area contributed by atoms with Crippen molar-refractivity contribution in [1.29, 1.82) is 0 Å². The number of carbonyl (C=O) groups excluding carboxylic acids is 3. The fourth-order valence-electron chi connectivity index (χ4n) is 3.23. The molecule has 1 N–H and O–H groups in total. The molecule has 0 saturated carbocycles. The molecular formula is C18H23N3O5. The van der Waals surface area contributed by atoms with Crippen LogP contribution in [0.15, 0.2) is 18.3 Å². The number of hydrogen-bond acceptors (Lipinski definition) is 6. The summed E-state index contributed by atoms with van der Waals surface area (Å²) in [5.74, 6) is -0.420. The smallest absolute Gasteiger partial charge is 0.393 e. The Hall–Kier alpha value is -2.48. The first kappa shape index (κ1) is 18.3. The van der Waals surface area contributed by atoms with Gasteiger partial charge in [-0.1, -0.05) is 13.8 Å². The second-order valence-electron chi connectivity index (χ2n) is 7.58. The highest BCUT2D eigenvalue weighted by Crippen LogP contribution is 2.34. The van der Waals surface area contributed by atoms with Gasteiger partial charge < -0.3 is 14.7 Å². The first-order valence-corrected chi connectivity index (χ1v) is 8.72. The van der Waals surface area contributed by atoms with Crippen molar-refractivity contribution in [2.24, 2.45) is 5.41 Å². The van der Waals surface area contributed by atoms with Crippen molar-refractivity contribution < 1.29 is 24.2 Å². The van der Waals surface area contributed by atoms with Gasteiger partial charge in [0.1, 0.15) is 0 Å². The lowest BCUT2D eigenvalue weighted by atomic mass is 9.81. The average molecular weight is 361 g/mol. The van der Waals surface area contributed by atoms with E-state index < -0.39 is 6.09 Å². The van der Waals surface area contributed by atoms with E-state index in [1.54, 1.807) is 6.07 Å². The van der Waals surface area contributed by atoms with Crippen molar-refractivity contribution in [1.82, 2.24) is 9.88 Å². The predicted molar refractivity (Wildman–Crippen MR) is 92.6 cm³/mol. The molecule has 0 atom stereocenters. The average Bonchev–Trinajstić information content (AvgIpc) is 2.55. The topological polar surface area (TPSA) is 100 Å². The van der Waals surface area contributed by atoms with E-state index in [9.17, 15) is 19.5 Å². The van der Waals surface area contributed by atoms with Gasteiger partial charge in [0.2, 0.25) is 17.7 Å². The summed E-state index contributed by atoms with van der Waals surface area (Å²) in [6, 6.07) is 3.01. The molecular weight excluding hydrogens is 338 g/mol. The maximum absolute atomic E-state index is 12.3. The highest BCUT2D eigenvalue weighted by Gasteiger charge is 2.38. The number of anilines is 1. The zero-order valence-corrected chi connectivity index (χ0v) is 15.0. The molecule has 3 rings (SSSR count). The van der Waals surface area contributed by atoms with Gasteiger partial charge in [-0.3, -0.25) is 9.59 Å². The van der Waals surface area contributed by atoms with Crippen molar-refractivity contribution in [3.8, 4) is 5.88 Å². The Balaban J connectivity index is 1.64. The largest absolute Gasteiger partial charge is 0.416 e. The van der Waals surface area contributed by atoms with Crippen molar-refractivity contribution in [3.63, 3.8) is 0 Å². The van der Waals surface area contributed by atoms with E-state index in [4.69, 9.17) is 4.74 Å². The van der Waals surface area contributed by atoms with Gasteiger partial charge in [0, 0.05) is 32.0 Å². The Morgan fingerprint density at radius 1 is 1.19 bits per heavy atom. The van der Waals surface area contributed by atoms with Crippen molar-refractivity contribution in [2.75, 3.05) is 18.0 Å². The second-order valence-corrected chi connectivity index (χ2v) is 7.58. The summed E-state index contributed by atoms with van der Waals surface area (Å²) < 4.78 is 5.22. The van der Waals surface area contributed by atoms with Gasteiger partial charge in [0.05, 0.1) is 18.0 Å². The number of nitrogens with zero attached hydrogens (tertiary/aromatic N) is 3. The summed E-state index contributed by atoms with van der Waals surface area (Å²) in [4.78, 5) is 43.4. The molecule has 26 heavy (non-hydrogen) atoms. The minimum absolute atomic E-state index is 0.0992. The standard InChI is InChI=1S/C18H23N3O5/c1-18(2)9-15(23)21(16(24)10-18)12-3-4-14(19-11-12)26-17(25)20-7-5-13(22)6-8-20/h3-4,11,13,22H,5-10H2,1-2H3. The Kier molecular flexibility index (Phi) is 4.95. The number of pyridine rings is 1. The van der Waals surface area contributed by atoms with Crippen LogP contribution < -0.4 is 9.64 Å². The predicted octanol–water partition coefficient (Wildman–Crippen LogP) is 1.72. The third kappa shape index (κ3) is 4.01. The van der Waals surface area contributed by atoms with Gasteiger partial charge in [-0.2, -0.15) is 0 Å². The lowest BCUT2D eigenvalue weighted by Gasteiger charge is -2.34. The molecule has 0 bridgehead atoms. The molecule has 2 saturated heterocycles. The second kappa shape index (κ2) is 7.03. The van der Waals surface area contributed by atoms with Gasteiger partial charge in [0.15, 0.2) is 0 Å². The molecule has 0 spiro atoms. The van der Waals surface area contributed by atoms with Crippen LogP contribution in [0, 0.1) is 5.41 Å². The molecule has 0 unspecified atom stereocenters. The van der Waals surface area contributed by atoms with E-state index in [-0.39, 0.29) is 42.1 Å². The van der Waals surface area contributed by atoms with Crippen LogP contribution in [0.25, 0.3) is 0 Å². The van der Waals surface area contributed by atoms with Gasteiger partial charge in [-0.25, -0.2) is 14.7 Å². The molecule has 8 nitrogen and oxygen atoms in total. The van der Waals surface area contributed by atoms with Crippen molar-refractivity contribution in [3.05, 3.63) is 18.3 Å². The zero-order chi connectivity index (χ0) is 18.9. The lowest BCUT2D eigenvalue weighted by Crippen LogP contribution is -2.46. The molecule has 0 aliphatic carbocycles. The van der Waals surface area contributed by atoms with E-state index in [2.05, 4.69) is 4.98 Å². The Morgan fingerprint density at radius 2 is 1.81 bits per heavy atom. The fraction of sp³-hybridized carbons (Fsp3) is 0.556. The van der Waals surface area contributed by atoms with Crippen LogP contribution in [0.2, 0.25) is 0 Å². The molecule has 3 heterocycles. The molecule has 8 heteroatoms. The molecule has 1 aromatic heterocycles. The molecule has 2 aliphatic rings. The van der Waals surface area contributed by atoms with E-state index in [0.29, 0.717) is 31.6 Å². The number of carbonyl (C=O) groups is 3. The number of aliphatic hydroxyl groups is 1. The van der Waals surface area contributed by atoms with Crippen LogP contribution in [0.4, 0.5) is 10.5 Å². The fourth-order valence-corrected chi connectivity index (χ4v) is 3.23. The minimum Gasteiger partial charge on any atom is -0.393 e. The third-order valence-corrected chi connectivity index (χ3v) is 4.65. The van der Waals surface area contributed by atoms with E-state index in [0.717, 1.165) is 4.90 Å². The number of ether oxygens (including phenoxy) is 1.